The van der Waals surface area contributed by atoms with Crippen LogP contribution in [-0.4, -0.2) is 57.6 Å². The van der Waals surface area contributed by atoms with Crippen LogP contribution in [0.3, 0.4) is 0 Å². The quantitative estimate of drug-likeness (QED) is 0.699. The molecule has 3 fully saturated rings. The van der Waals surface area contributed by atoms with E-state index in [1.54, 1.807) is 6.07 Å². The number of carbonyl (C=O) groups excluding carboxylic acids is 1. The van der Waals surface area contributed by atoms with Gasteiger partial charge in [-0.2, -0.15) is 0 Å². The second-order valence-electron chi connectivity index (χ2n) is 9.22. The van der Waals surface area contributed by atoms with E-state index in [0.29, 0.717) is 17.7 Å². The second kappa shape index (κ2) is 9.74. The Balaban J connectivity index is 0.000000775. The van der Waals surface area contributed by atoms with Crippen molar-refractivity contribution in [2.45, 2.75) is 57.2 Å². The highest BCUT2D eigenvalue weighted by Gasteiger charge is 2.60. The van der Waals surface area contributed by atoms with Crippen LogP contribution >= 0.6 is 0 Å². The molecule has 0 unspecified atom stereocenters. The highest BCUT2D eigenvalue weighted by molar-refractivity contribution is 5.85. The topological polar surface area (TPSA) is 81.1 Å². The number of benzene rings is 2. The molecule has 32 heavy (non-hydrogen) atoms. The zero-order chi connectivity index (χ0) is 22.6. The monoisotopic (exact) mass is 436 g/mol. The molecule has 3 aliphatic heterocycles. The molecular formula is C26H32N2O4. The van der Waals surface area contributed by atoms with E-state index in [4.69, 9.17) is 9.90 Å². The van der Waals surface area contributed by atoms with Gasteiger partial charge in [-0.15, -0.1) is 0 Å². The predicted octanol–water partition coefficient (Wildman–Crippen LogP) is 3.68. The predicted molar refractivity (Wildman–Crippen MR) is 122 cm³/mol. The molecule has 2 N–H and O–H groups in total. The Morgan fingerprint density at radius 1 is 1.03 bits per heavy atom. The summed E-state index contributed by atoms with van der Waals surface area (Å²) < 4.78 is 0. The van der Waals surface area contributed by atoms with Crippen LogP contribution in [0.25, 0.3) is 0 Å². The minimum atomic E-state index is -0.314. The smallest absolute Gasteiger partial charge is 0.290 e. The molecule has 5 rings (SSSR count). The van der Waals surface area contributed by atoms with Crippen LogP contribution < -0.4 is 0 Å². The Morgan fingerprint density at radius 3 is 2.41 bits per heavy atom. The van der Waals surface area contributed by atoms with Gasteiger partial charge in [-0.1, -0.05) is 42.5 Å². The molecule has 3 heterocycles. The average Bonchev–Trinajstić information content (AvgIpc) is 3.51. The summed E-state index contributed by atoms with van der Waals surface area (Å²) in [6.07, 6.45) is 6.33. The highest BCUT2D eigenvalue weighted by atomic mass is 16.3. The lowest BCUT2D eigenvalue weighted by molar-refractivity contribution is -0.143. The van der Waals surface area contributed by atoms with E-state index < -0.39 is 0 Å². The summed E-state index contributed by atoms with van der Waals surface area (Å²) >= 11 is 0. The van der Waals surface area contributed by atoms with Crippen LogP contribution in [0.2, 0.25) is 0 Å². The molecule has 6 heteroatoms. The van der Waals surface area contributed by atoms with Crippen molar-refractivity contribution < 1.29 is 19.8 Å². The highest BCUT2D eigenvalue weighted by Crippen LogP contribution is 2.53. The van der Waals surface area contributed by atoms with Gasteiger partial charge in [-0.05, 0) is 61.8 Å². The van der Waals surface area contributed by atoms with Crippen molar-refractivity contribution in [1.29, 1.82) is 0 Å². The van der Waals surface area contributed by atoms with E-state index in [-0.39, 0.29) is 17.9 Å². The largest absolute Gasteiger partial charge is 0.508 e. The number of likely N-dealkylation sites (tertiary alicyclic amines) is 1. The molecule has 2 aromatic rings. The van der Waals surface area contributed by atoms with Gasteiger partial charge in [0.15, 0.2) is 0 Å². The number of amides is 1. The maximum Gasteiger partial charge on any atom is 0.290 e. The number of aromatic hydroxyl groups is 1. The third kappa shape index (κ3) is 4.37. The maximum atomic E-state index is 13.9. The molecule has 3 aliphatic rings. The summed E-state index contributed by atoms with van der Waals surface area (Å²) in [6, 6.07) is 18.9. The first kappa shape index (κ1) is 22.3. The SMILES string of the molecule is O=C(N1CCCC1)[C@]1(Cc2ccccc2)C[C@@H]2CC[C@H]1N2Cc1cccc(O)c1.O=CO. The zero-order valence-corrected chi connectivity index (χ0v) is 18.4. The van der Waals surface area contributed by atoms with Crippen LogP contribution in [-0.2, 0) is 22.6 Å². The summed E-state index contributed by atoms with van der Waals surface area (Å²) in [4.78, 5) is 26.9. The van der Waals surface area contributed by atoms with Crippen molar-refractivity contribution in [3.63, 3.8) is 0 Å². The van der Waals surface area contributed by atoms with Gasteiger partial charge in [-0.25, -0.2) is 0 Å². The number of carboxylic acid groups (broad SMARTS) is 1. The fourth-order valence-corrected chi connectivity index (χ4v) is 6.10. The van der Waals surface area contributed by atoms with Crippen LogP contribution in [0.15, 0.2) is 54.6 Å². The van der Waals surface area contributed by atoms with Gasteiger partial charge >= 0.3 is 0 Å². The molecule has 3 saturated heterocycles. The Morgan fingerprint density at radius 2 is 1.72 bits per heavy atom. The number of phenolic OH excluding ortho intramolecular Hbond substituents is 1. The van der Waals surface area contributed by atoms with Crippen molar-refractivity contribution in [2.24, 2.45) is 5.41 Å². The first-order chi connectivity index (χ1) is 15.6. The van der Waals surface area contributed by atoms with Gasteiger partial charge in [0, 0.05) is 31.7 Å². The van der Waals surface area contributed by atoms with Crippen LogP contribution in [0.4, 0.5) is 0 Å². The number of nitrogens with zero attached hydrogens (tertiary/aromatic N) is 2. The van der Waals surface area contributed by atoms with Crippen LogP contribution in [0.5, 0.6) is 5.75 Å². The zero-order valence-electron chi connectivity index (χ0n) is 18.4. The molecule has 3 atom stereocenters. The van der Waals surface area contributed by atoms with Crippen LogP contribution in [0.1, 0.15) is 43.2 Å². The number of rotatable bonds is 5. The first-order valence-corrected chi connectivity index (χ1v) is 11.5. The molecule has 1 amide bonds. The van der Waals surface area contributed by atoms with Gasteiger partial charge in [0.2, 0.25) is 5.91 Å². The lowest BCUT2D eigenvalue weighted by atomic mass is 9.69. The summed E-state index contributed by atoms with van der Waals surface area (Å²) in [5.74, 6) is 0.699. The van der Waals surface area contributed by atoms with E-state index >= 15 is 0 Å². The summed E-state index contributed by atoms with van der Waals surface area (Å²) in [5.41, 5.74) is 2.08. The Kier molecular flexibility index (Phi) is 6.80. The summed E-state index contributed by atoms with van der Waals surface area (Å²) in [5, 5.41) is 16.8. The summed E-state index contributed by atoms with van der Waals surface area (Å²) in [6.45, 7) is 2.40. The Hall–Kier alpha value is -2.86. The number of fused-ring (bicyclic) bond motifs is 2. The minimum absolute atomic E-state index is 0.250. The normalized spacial score (nSPS) is 26.6. The third-order valence-electron chi connectivity index (χ3n) is 7.34. The summed E-state index contributed by atoms with van der Waals surface area (Å²) in [7, 11) is 0. The molecule has 0 aromatic heterocycles. The fourth-order valence-electron chi connectivity index (χ4n) is 6.10. The molecule has 0 aliphatic carbocycles. The van der Waals surface area contributed by atoms with Gasteiger partial charge < -0.3 is 15.1 Å². The minimum Gasteiger partial charge on any atom is -0.508 e. The van der Waals surface area contributed by atoms with E-state index in [1.165, 1.54) is 12.0 Å². The van der Waals surface area contributed by atoms with Crippen molar-refractivity contribution in [3.8, 4) is 5.75 Å². The molecular weight excluding hydrogens is 404 g/mol. The molecule has 0 saturated carbocycles. The Labute approximate surface area is 189 Å². The molecule has 6 nitrogen and oxygen atoms in total. The number of hydrogen-bond acceptors (Lipinski definition) is 4. The van der Waals surface area contributed by atoms with Gasteiger partial charge in [0.1, 0.15) is 5.75 Å². The number of carbonyl (C=O) groups is 2. The number of hydrogen-bond donors (Lipinski definition) is 2. The van der Waals surface area contributed by atoms with Gasteiger partial charge in [-0.3, -0.25) is 14.5 Å². The molecule has 0 spiro atoms. The lowest BCUT2D eigenvalue weighted by Gasteiger charge is -2.39. The first-order valence-electron chi connectivity index (χ1n) is 11.5. The number of phenols is 1. The van der Waals surface area contributed by atoms with Crippen molar-refractivity contribution in [2.75, 3.05) is 13.1 Å². The van der Waals surface area contributed by atoms with Crippen LogP contribution in [0, 0.1) is 5.41 Å². The van der Waals surface area contributed by atoms with Gasteiger partial charge in [0.05, 0.1) is 5.41 Å². The molecule has 0 radical (unpaired) electrons. The van der Waals surface area contributed by atoms with E-state index in [2.05, 4.69) is 40.1 Å². The van der Waals surface area contributed by atoms with Crippen molar-refractivity contribution >= 4 is 12.4 Å². The van der Waals surface area contributed by atoms with Crippen molar-refractivity contribution in [1.82, 2.24) is 9.80 Å². The maximum absolute atomic E-state index is 13.9. The van der Waals surface area contributed by atoms with E-state index in [0.717, 1.165) is 57.3 Å². The lowest BCUT2D eigenvalue weighted by Crippen LogP contribution is -2.51. The van der Waals surface area contributed by atoms with E-state index in [9.17, 15) is 9.90 Å². The Bertz CT molecular complexity index is 928. The third-order valence-corrected chi connectivity index (χ3v) is 7.34. The fraction of sp³-hybridized carbons (Fsp3) is 0.462. The second-order valence-corrected chi connectivity index (χ2v) is 9.22. The molecule has 2 bridgehead atoms. The van der Waals surface area contributed by atoms with E-state index in [1.807, 2.05) is 18.2 Å². The average molecular weight is 437 g/mol. The van der Waals surface area contributed by atoms with Gasteiger partial charge in [0.25, 0.3) is 6.47 Å². The standard InChI is InChI=1S/C25H30N2O2.CH2O2/c28-22-10-6-9-20(15-22)18-27-21-11-12-23(27)25(17-21,16-19-7-2-1-3-8-19)24(29)26-13-4-5-14-26;2-1-3/h1-3,6-10,15,21,23,28H,4-5,11-14,16-18H2;1H,(H,2,3)/t21-,23+,25+;/m0./s1. The molecule has 2 aromatic carbocycles. The van der Waals surface area contributed by atoms with Crippen molar-refractivity contribution in [3.05, 3.63) is 65.7 Å². The molecule has 170 valence electrons.